The van der Waals surface area contributed by atoms with Crippen LogP contribution in [-0.4, -0.2) is 9.38 Å². The van der Waals surface area contributed by atoms with Crippen molar-refractivity contribution in [3.8, 4) is 0 Å². The Morgan fingerprint density at radius 1 is 1.43 bits per heavy atom. The van der Waals surface area contributed by atoms with Crippen molar-refractivity contribution in [2.45, 2.75) is 26.3 Å². The molecule has 2 aromatic heterocycles. The number of nitrogens with two attached hydrogens (primary N) is 1. The summed E-state index contributed by atoms with van der Waals surface area (Å²) in [6, 6.07) is 6.03. The van der Waals surface area contributed by atoms with E-state index in [0.29, 0.717) is 12.5 Å². The molecule has 0 radical (unpaired) electrons. The summed E-state index contributed by atoms with van der Waals surface area (Å²) in [6.45, 7) is 4.83. The normalized spacial score (nSPS) is 11.4. The van der Waals surface area contributed by atoms with E-state index in [9.17, 15) is 0 Å². The van der Waals surface area contributed by atoms with Gasteiger partial charge in [-0.25, -0.2) is 4.98 Å². The van der Waals surface area contributed by atoms with Gasteiger partial charge >= 0.3 is 0 Å². The maximum atomic E-state index is 5.65. The third-order valence-corrected chi connectivity index (χ3v) is 2.40. The van der Waals surface area contributed by atoms with Crippen LogP contribution in [0.5, 0.6) is 0 Å². The van der Waals surface area contributed by atoms with Gasteiger partial charge in [-0.1, -0.05) is 19.9 Å². The maximum absolute atomic E-state index is 5.65. The Morgan fingerprint density at radius 2 is 2.21 bits per heavy atom. The highest BCUT2D eigenvalue weighted by atomic mass is 15.0. The van der Waals surface area contributed by atoms with Crippen LogP contribution in [0, 0.1) is 0 Å². The van der Waals surface area contributed by atoms with E-state index in [4.69, 9.17) is 5.73 Å². The second-order valence-corrected chi connectivity index (χ2v) is 3.77. The lowest BCUT2D eigenvalue weighted by molar-refractivity contribution is 0.832. The number of hydrogen-bond acceptors (Lipinski definition) is 2. The van der Waals surface area contributed by atoms with Crippen LogP contribution in [0.25, 0.3) is 5.65 Å². The summed E-state index contributed by atoms with van der Waals surface area (Å²) in [6.07, 6.45) is 2.07. The molecule has 0 saturated heterocycles. The number of nitrogens with zero attached hydrogens (tertiary/aromatic N) is 2. The van der Waals surface area contributed by atoms with Gasteiger partial charge in [-0.2, -0.15) is 0 Å². The Balaban J connectivity index is 2.64. The summed E-state index contributed by atoms with van der Waals surface area (Å²) in [5.41, 5.74) is 8.85. The second kappa shape index (κ2) is 3.42. The zero-order chi connectivity index (χ0) is 10.1. The van der Waals surface area contributed by atoms with Crippen molar-refractivity contribution in [2.24, 2.45) is 5.73 Å². The minimum atomic E-state index is 0.459. The largest absolute Gasteiger partial charge is 0.325 e. The van der Waals surface area contributed by atoms with E-state index in [1.807, 2.05) is 18.2 Å². The van der Waals surface area contributed by atoms with Gasteiger partial charge in [0, 0.05) is 18.4 Å². The molecule has 3 nitrogen and oxygen atoms in total. The molecule has 0 saturated carbocycles. The van der Waals surface area contributed by atoms with Crippen molar-refractivity contribution in [2.75, 3.05) is 0 Å². The maximum Gasteiger partial charge on any atom is 0.137 e. The first-order chi connectivity index (χ1) is 6.72. The van der Waals surface area contributed by atoms with Crippen LogP contribution < -0.4 is 5.73 Å². The fourth-order valence-corrected chi connectivity index (χ4v) is 1.53. The van der Waals surface area contributed by atoms with Crippen LogP contribution in [-0.2, 0) is 6.54 Å². The molecule has 2 heterocycles. The predicted octanol–water partition coefficient (Wildman–Crippen LogP) is 1.92. The molecule has 3 heteroatoms. The van der Waals surface area contributed by atoms with Gasteiger partial charge in [0.25, 0.3) is 0 Å². The van der Waals surface area contributed by atoms with Crippen LogP contribution in [0.4, 0.5) is 0 Å². The lowest BCUT2D eigenvalue weighted by atomic mass is 10.2. The van der Waals surface area contributed by atoms with Crippen LogP contribution in [0.1, 0.15) is 31.2 Å². The average Bonchev–Trinajstić information content (AvgIpc) is 2.60. The van der Waals surface area contributed by atoms with E-state index in [1.165, 1.54) is 0 Å². The molecule has 0 atom stereocenters. The Kier molecular flexibility index (Phi) is 2.25. The van der Waals surface area contributed by atoms with Crippen LogP contribution in [0.15, 0.2) is 24.4 Å². The van der Waals surface area contributed by atoms with E-state index in [-0.39, 0.29) is 0 Å². The molecule has 2 N–H and O–H groups in total. The number of fused-ring (bicyclic) bond motifs is 1. The lowest BCUT2D eigenvalue weighted by Gasteiger charge is -2.00. The Bertz CT molecular complexity index is 443. The first-order valence-electron chi connectivity index (χ1n) is 4.89. The van der Waals surface area contributed by atoms with E-state index in [0.717, 1.165) is 17.0 Å². The van der Waals surface area contributed by atoms with Gasteiger partial charge in [-0.3, -0.25) is 0 Å². The minimum absolute atomic E-state index is 0.459. The van der Waals surface area contributed by atoms with Gasteiger partial charge in [0.05, 0.1) is 5.69 Å². The summed E-state index contributed by atoms with van der Waals surface area (Å²) in [4.78, 5) is 4.53. The zero-order valence-electron chi connectivity index (χ0n) is 8.57. The molecule has 2 rings (SSSR count). The van der Waals surface area contributed by atoms with Crippen LogP contribution in [0.2, 0.25) is 0 Å². The topological polar surface area (TPSA) is 43.3 Å². The van der Waals surface area contributed by atoms with Gasteiger partial charge in [0.2, 0.25) is 0 Å². The molecule has 0 bridgehead atoms. The summed E-state index contributed by atoms with van der Waals surface area (Å²) >= 11 is 0. The standard InChI is InChI=1S/C11H15N3/c1-8(2)10-7-14-9(6-12)4-3-5-11(14)13-10/h3-5,7-8H,6,12H2,1-2H3. The van der Waals surface area contributed by atoms with Gasteiger partial charge in [-0.05, 0) is 18.1 Å². The van der Waals surface area contributed by atoms with Crippen LogP contribution >= 0.6 is 0 Å². The predicted molar refractivity (Wildman–Crippen MR) is 57.2 cm³/mol. The number of imidazole rings is 1. The van der Waals surface area contributed by atoms with Gasteiger partial charge in [0.15, 0.2) is 0 Å². The fraction of sp³-hybridized carbons (Fsp3) is 0.364. The van der Waals surface area contributed by atoms with Crippen molar-refractivity contribution < 1.29 is 0 Å². The summed E-state index contributed by atoms with van der Waals surface area (Å²) in [5.74, 6) is 0.459. The monoisotopic (exact) mass is 189 g/mol. The zero-order valence-corrected chi connectivity index (χ0v) is 8.57. The first kappa shape index (κ1) is 9.21. The molecule has 0 aliphatic heterocycles. The van der Waals surface area contributed by atoms with Crippen molar-refractivity contribution >= 4 is 5.65 Å². The minimum Gasteiger partial charge on any atom is -0.325 e. The molecule has 0 fully saturated rings. The smallest absolute Gasteiger partial charge is 0.137 e. The van der Waals surface area contributed by atoms with Gasteiger partial charge < -0.3 is 10.1 Å². The number of pyridine rings is 1. The molecule has 0 aliphatic rings. The van der Waals surface area contributed by atoms with E-state index in [1.54, 1.807) is 0 Å². The van der Waals surface area contributed by atoms with Crippen molar-refractivity contribution in [1.82, 2.24) is 9.38 Å². The van der Waals surface area contributed by atoms with Gasteiger partial charge in [0.1, 0.15) is 5.65 Å². The number of rotatable bonds is 2. The Labute approximate surface area is 83.6 Å². The van der Waals surface area contributed by atoms with Crippen molar-refractivity contribution in [1.29, 1.82) is 0 Å². The Hall–Kier alpha value is -1.35. The Morgan fingerprint density at radius 3 is 2.86 bits per heavy atom. The molecular formula is C11H15N3. The second-order valence-electron chi connectivity index (χ2n) is 3.77. The molecule has 0 amide bonds. The summed E-state index contributed by atoms with van der Waals surface area (Å²) in [7, 11) is 0. The third-order valence-electron chi connectivity index (χ3n) is 2.40. The molecule has 0 unspecified atom stereocenters. The van der Waals surface area contributed by atoms with E-state index in [2.05, 4.69) is 29.4 Å². The highest BCUT2D eigenvalue weighted by molar-refractivity contribution is 5.42. The number of aromatic nitrogens is 2. The number of hydrogen-bond donors (Lipinski definition) is 1. The molecule has 0 spiro atoms. The van der Waals surface area contributed by atoms with E-state index >= 15 is 0 Å². The fourth-order valence-electron chi connectivity index (χ4n) is 1.53. The SMILES string of the molecule is CC(C)c1cn2c(CN)cccc2n1. The van der Waals surface area contributed by atoms with Crippen molar-refractivity contribution in [3.63, 3.8) is 0 Å². The average molecular weight is 189 g/mol. The van der Waals surface area contributed by atoms with Crippen molar-refractivity contribution in [3.05, 3.63) is 35.8 Å². The molecule has 0 aliphatic carbocycles. The summed E-state index contributed by atoms with van der Waals surface area (Å²) < 4.78 is 2.06. The van der Waals surface area contributed by atoms with Crippen LogP contribution in [0.3, 0.4) is 0 Å². The van der Waals surface area contributed by atoms with E-state index < -0.39 is 0 Å². The highest BCUT2D eigenvalue weighted by Crippen LogP contribution is 2.15. The molecule has 2 aromatic rings. The lowest BCUT2D eigenvalue weighted by Crippen LogP contribution is -2.02. The van der Waals surface area contributed by atoms with Gasteiger partial charge in [-0.15, -0.1) is 0 Å². The summed E-state index contributed by atoms with van der Waals surface area (Å²) in [5, 5.41) is 0. The molecule has 0 aromatic carbocycles. The molecule has 14 heavy (non-hydrogen) atoms. The quantitative estimate of drug-likeness (QED) is 0.784. The molecular weight excluding hydrogens is 174 g/mol. The third kappa shape index (κ3) is 1.40. The first-order valence-corrected chi connectivity index (χ1v) is 4.89. The highest BCUT2D eigenvalue weighted by Gasteiger charge is 2.06. The molecule has 74 valence electrons.